The zero-order valence-electron chi connectivity index (χ0n) is 19.9. The largest absolute Gasteiger partial charge is 0.383 e. The summed E-state index contributed by atoms with van der Waals surface area (Å²) in [6.07, 6.45) is 10.5. The highest BCUT2D eigenvalue weighted by Gasteiger charge is 2.22. The summed E-state index contributed by atoms with van der Waals surface area (Å²) >= 11 is 0. The molecule has 3 aromatic heterocycles. The average Bonchev–Trinajstić information content (AvgIpc) is 3.30. The van der Waals surface area contributed by atoms with Crippen LogP contribution in [0.25, 0.3) is 28.2 Å². The second-order valence-corrected chi connectivity index (χ2v) is 9.02. The molecular formula is C27H32N6O. The lowest BCUT2D eigenvalue weighted by molar-refractivity contribution is 0.191. The molecule has 0 radical (unpaired) electrons. The minimum Gasteiger partial charge on any atom is -0.383 e. The number of imidazole rings is 1. The molecule has 1 aliphatic carbocycles. The molecule has 3 heterocycles. The quantitative estimate of drug-likeness (QED) is 0.374. The van der Waals surface area contributed by atoms with Gasteiger partial charge in [-0.25, -0.2) is 15.0 Å². The van der Waals surface area contributed by atoms with E-state index in [1.807, 2.05) is 18.5 Å². The lowest BCUT2D eigenvalue weighted by Gasteiger charge is -2.29. The summed E-state index contributed by atoms with van der Waals surface area (Å²) < 4.78 is 7.27. The van der Waals surface area contributed by atoms with Gasteiger partial charge in [0.15, 0.2) is 0 Å². The van der Waals surface area contributed by atoms with Crippen LogP contribution in [0, 0.1) is 6.92 Å². The molecule has 0 spiro atoms. The van der Waals surface area contributed by atoms with Crippen LogP contribution in [0.4, 0.5) is 5.95 Å². The number of nitrogens with one attached hydrogen (secondary N) is 2. The highest BCUT2D eigenvalue weighted by molar-refractivity contribution is 5.69. The number of benzene rings is 1. The monoisotopic (exact) mass is 456 g/mol. The smallest absolute Gasteiger partial charge is 0.223 e. The van der Waals surface area contributed by atoms with Gasteiger partial charge in [0, 0.05) is 38.1 Å². The first-order chi connectivity index (χ1) is 16.7. The zero-order valence-corrected chi connectivity index (χ0v) is 19.9. The Morgan fingerprint density at radius 1 is 0.941 bits per heavy atom. The molecule has 5 rings (SSSR count). The van der Waals surface area contributed by atoms with Gasteiger partial charge >= 0.3 is 0 Å². The van der Waals surface area contributed by atoms with E-state index in [1.165, 1.54) is 5.56 Å². The maximum absolute atomic E-state index is 5.14. The van der Waals surface area contributed by atoms with Crippen LogP contribution >= 0.6 is 0 Å². The Morgan fingerprint density at radius 2 is 1.74 bits per heavy atom. The van der Waals surface area contributed by atoms with E-state index in [0.717, 1.165) is 67.0 Å². The number of hydrogen-bond acceptors (Lipinski definition) is 6. The molecule has 4 aromatic rings. The Bertz CT molecular complexity index is 1230. The number of anilines is 1. The molecule has 7 nitrogen and oxygen atoms in total. The molecule has 0 saturated heterocycles. The van der Waals surface area contributed by atoms with Crippen molar-refractivity contribution in [2.45, 2.75) is 44.7 Å². The average molecular weight is 457 g/mol. The number of pyridine rings is 1. The number of hydrogen-bond donors (Lipinski definition) is 2. The third-order valence-corrected chi connectivity index (χ3v) is 6.63. The molecule has 0 aliphatic heterocycles. The number of rotatable bonds is 8. The molecule has 7 heteroatoms. The van der Waals surface area contributed by atoms with Gasteiger partial charge in [-0.15, -0.1) is 0 Å². The fraction of sp³-hybridized carbons (Fsp3) is 0.370. The summed E-state index contributed by atoms with van der Waals surface area (Å²) in [7, 11) is 1.74. The summed E-state index contributed by atoms with van der Waals surface area (Å²) in [5.74, 6) is 0.686. The van der Waals surface area contributed by atoms with Gasteiger partial charge in [-0.2, -0.15) is 0 Å². The number of aryl methyl sites for hydroxylation is 1. The molecule has 1 fully saturated rings. The van der Waals surface area contributed by atoms with Crippen molar-refractivity contribution < 1.29 is 4.74 Å². The molecule has 0 amide bonds. The minimum absolute atomic E-state index is 0.392. The number of methoxy groups -OCH3 is 1. The van der Waals surface area contributed by atoms with E-state index in [9.17, 15) is 0 Å². The lowest BCUT2D eigenvalue weighted by atomic mass is 9.91. The maximum atomic E-state index is 5.14. The van der Waals surface area contributed by atoms with Crippen LogP contribution in [-0.2, 0) is 4.74 Å². The highest BCUT2D eigenvalue weighted by Crippen LogP contribution is 2.27. The van der Waals surface area contributed by atoms with Crippen molar-refractivity contribution in [2.24, 2.45) is 0 Å². The van der Waals surface area contributed by atoms with Gasteiger partial charge in [-0.1, -0.05) is 30.3 Å². The van der Waals surface area contributed by atoms with Crippen LogP contribution in [-0.4, -0.2) is 51.7 Å². The van der Waals surface area contributed by atoms with Crippen LogP contribution in [0.2, 0.25) is 0 Å². The molecule has 34 heavy (non-hydrogen) atoms. The fourth-order valence-electron chi connectivity index (χ4n) is 4.72. The molecule has 1 saturated carbocycles. The Kier molecular flexibility index (Phi) is 6.83. The van der Waals surface area contributed by atoms with E-state index < -0.39 is 0 Å². The number of aromatic nitrogens is 4. The molecule has 0 bridgehead atoms. The lowest BCUT2D eigenvalue weighted by Crippen LogP contribution is -2.38. The number of ether oxygens (including phenoxy) is 1. The van der Waals surface area contributed by atoms with Crippen LogP contribution in [0.1, 0.15) is 31.2 Å². The second kappa shape index (κ2) is 10.3. The molecule has 0 unspecified atom stereocenters. The predicted octanol–water partition coefficient (Wildman–Crippen LogP) is 4.73. The third kappa shape index (κ3) is 4.95. The van der Waals surface area contributed by atoms with Crippen LogP contribution in [0.5, 0.6) is 0 Å². The molecule has 1 aliphatic rings. The maximum Gasteiger partial charge on any atom is 0.223 e. The SMILES string of the molecule is COCCN[C@H]1CC[C@H](Nc2ncc(C)c(-c3cnc4ccc(-c5ccccc5)cn34)n2)CC1. The van der Waals surface area contributed by atoms with Gasteiger partial charge < -0.3 is 15.4 Å². The van der Waals surface area contributed by atoms with Gasteiger partial charge in [-0.05, 0) is 61.4 Å². The molecular weight excluding hydrogens is 424 g/mol. The van der Waals surface area contributed by atoms with Crippen LogP contribution in [0.15, 0.2) is 61.1 Å². The first-order valence-electron chi connectivity index (χ1n) is 12.1. The van der Waals surface area contributed by atoms with E-state index in [1.54, 1.807) is 7.11 Å². The second-order valence-electron chi connectivity index (χ2n) is 9.02. The molecule has 1 aromatic carbocycles. The highest BCUT2D eigenvalue weighted by atomic mass is 16.5. The van der Waals surface area contributed by atoms with E-state index >= 15 is 0 Å². The minimum atomic E-state index is 0.392. The third-order valence-electron chi connectivity index (χ3n) is 6.63. The zero-order chi connectivity index (χ0) is 23.3. The van der Waals surface area contributed by atoms with Crippen LogP contribution in [0.3, 0.4) is 0 Å². The van der Waals surface area contributed by atoms with Crippen molar-refractivity contribution in [3.8, 4) is 22.5 Å². The van der Waals surface area contributed by atoms with Gasteiger partial charge in [0.05, 0.1) is 24.2 Å². The van der Waals surface area contributed by atoms with Crippen molar-refractivity contribution in [1.29, 1.82) is 0 Å². The van der Waals surface area contributed by atoms with E-state index in [-0.39, 0.29) is 0 Å². The molecule has 2 N–H and O–H groups in total. The first-order valence-corrected chi connectivity index (χ1v) is 12.1. The van der Waals surface area contributed by atoms with Gasteiger partial charge in [0.2, 0.25) is 5.95 Å². The summed E-state index contributed by atoms with van der Waals surface area (Å²) in [4.78, 5) is 14.1. The summed E-state index contributed by atoms with van der Waals surface area (Å²) in [6.45, 7) is 3.72. The summed E-state index contributed by atoms with van der Waals surface area (Å²) in [5.41, 5.74) is 6.14. The normalized spacial score (nSPS) is 18.3. The van der Waals surface area contributed by atoms with Gasteiger partial charge in [-0.3, -0.25) is 4.40 Å². The summed E-state index contributed by atoms with van der Waals surface area (Å²) in [5, 5.41) is 7.16. The van der Waals surface area contributed by atoms with Crippen molar-refractivity contribution in [3.63, 3.8) is 0 Å². The van der Waals surface area contributed by atoms with E-state index in [2.05, 4.69) is 74.5 Å². The predicted molar refractivity (Wildman–Crippen MR) is 136 cm³/mol. The molecule has 176 valence electrons. The Labute approximate surface area is 200 Å². The van der Waals surface area contributed by atoms with E-state index in [0.29, 0.717) is 18.0 Å². The van der Waals surface area contributed by atoms with Crippen molar-refractivity contribution in [3.05, 3.63) is 66.6 Å². The Hall–Kier alpha value is -3.29. The first kappa shape index (κ1) is 22.5. The van der Waals surface area contributed by atoms with Crippen molar-refractivity contribution in [2.75, 3.05) is 25.6 Å². The topological polar surface area (TPSA) is 76.4 Å². The fourth-order valence-corrected chi connectivity index (χ4v) is 4.72. The number of fused-ring (bicyclic) bond motifs is 1. The summed E-state index contributed by atoms with van der Waals surface area (Å²) in [6, 6.07) is 15.5. The van der Waals surface area contributed by atoms with Crippen molar-refractivity contribution in [1.82, 2.24) is 24.7 Å². The Morgan fingerprint density at radius 3 is 2.53 bits per heavy atom. The van der Waals surface area contributed by atoms with Crippen molar-refractivity contribution >= 4 is 11.6 Å². The number of nitrogens with zero attached hydrogens (tertiary/aromatic N) is 4. The van der Waals surface area contributed by atoms with Gasteiger partial charge in [0.25, 0.3) is 0 Å². The van der Waals surface area contributed by atoms with E-state index in [4.69, 9.17) is 9.72 Å². The standard InChI is InChI=1S/C27H32N6O/c1-19-16-30-27(31-23-11-9-22(10-12-23)28-14-15-34-2)32-26(19)24-17-29-25-13-8-21(18-33(24)25)20-6-4-3-5-7-20/h3-8,13,16-18,22-23,28H,9-12,14-15H2,1-2H3,(H,30,31,32)/t22-,23-. The van der Waals surface area contributed by atoms with Gasteiger partial charge in [0.1, 0.15) is 5.65 Å². The van der Waals surface area contributed by atoms with Crippen LogP contribution < -0.4 is 10.6 Å². The molecule has 0 atom stereocenters. The Balaban J connectivity index is 1.34.